The number of piperazine rings is 1. The zero-order valence-corrected chi connectivity index (χ0v) is 17.3. The zero-order valence-electron chi connectivity index (χ0n) is 17.3. The highest BCUT2D eigenvalue weighted by atomic mass is 16.2. The third kappa shape index (κ3) is 3.85. The smallest absolute Gasteiger partial charge is 0.321 e. The third-order valence-corrected chi connectivity index (χ3v) is 5.24. The SMILES string of the molecule is Cn1nnc2c(N3CCN(C(=O)Nc4ccc(C(C)(C)C)cc4)CC3)ncnc21. The van der Waals surface area contributed by atoms with Crippen LogP contribution in [0.15, 0.2) is 30.6 Å². The Morgan fingerprint density at radius 2 is 1.72 bits per heavy atom. The molecule has 1 aliphatic rings. The van der Waals surface area contributed by atoms with Crippen LogP contribution in [0.3, 0.4) is 0 Å². The van der Waals surface area contributed by atoms with E-state index in [9.17, 15) is 4.79 Å². The van der Waals surface area contributed by atoms with Crippen LogP contribution >= 0.6 is 0 Å². The molecule has 9 nitrogen and oxygen atoms in total. The second-order valence-electron chi connectivity index (χ2n) is 8.31. The van der Waals surface area contributed by atoms with Gasteiger partial charge in [0.2, 0.25) is 0 Å². The number of carbonyl (C=O) groups is 1. The van der Waals surface area contributed by atoms with Gasteiger partial charge in [0, 0.05) is 38.9 Å². The second-order valence-corrected chi connectivity index (χ2v) is 8.31. The van der Waals surface area contributed by atoms with Gasteiger partial charge in [-0.25, -0.2) is 19.4 Å². The Labute approximate surface area is 169 Å². The van der Waals surface area contributed by atoms with Crippen LogP contribution in [0.5, 0.6) is 0 Å². The summed E-state index contributed by atoms with van der Waals surface area (Å²) in [5.41, 5.74) is 3.53. The molecule has 3 aromatic rings. The van der Waals surface area contributed by atoms with Crippen LogP contribution in [0, 0.1) is 0 Å². The molecule has 0 atom stereocenters. The van der Waals surface area contributed by atoms with E-state index in [1.807, 2.05) is 24.1 Å². The summed E-state index contributed by atoms with van der Waals surface area (Å²) in [5.74, 6) is 0.765. The van der Waals surface area contributed by atoms with Gasteiger partial charge in [0.05, 0.1) is 0 Å². The largest absolute Gasteiger partial charge is 0.351 e. The minimum atomic E-state index is -0.0829. The highest BCUT2D eigenvalue weighted by molar-refractivity contribution is 5.89. The fourth-order valence-electron chi connectivity index (χ4n) is 3.45. The third-order valence-electron chi connectivity index (χ3n) is 5.24. The molecule has 0 bridgehead atoms. The molecule has 152 valence electrons. The van der Waals surface area contributed by atoms with Crippen LogP contribution in [0.25, 0.3) is 11.2 Å². The number of aromatic nitrogens is 5. The van der Waals surface area contributed by atoms with Crippen molar-refractivity contribution >= 4 is 28.7 Å². The minimum absolute atomic E-state index is 0.0829. The fourth-order valence-corrected chi connectivity index (χ4v) is 3.45. The molecule has 2 amide bonds. The molecule has 1 fully saturated rings. The van der Waals surface area contributed by atoms with Gasteiger partial charge >= 0.3 is 6.03 Å². The molecule has 3 heterocycles. The van der Waals surface area contributed by atoms with E-state index >= 15 is 0 Å². The van der Waals surface area contributed by atoms with E-state index < -0.39 is 0 Å². The Morgan fingerprint density at radius 1 is 1.03 bits per heavy atom. The first-order chi connectivity index (χ1) is 13.8. The minimum Gasteiger partial charge on any atom is -0.351 e. The summed E-state index contributed by atoms with van der Waals surface area (Å²) in [6, 6.07) is 7.96. The number of carbonyl (C=O) groups excluding carboxylic acids is 1. The molecule has 1 aromatic carbocycles. The first-order valence-corrected chi connectivity index (χ1v) is 9.75. The number of urea groups is 1. The van der Waals surface area contributed by atoms with Gasteiger partial charge in [0.15, 0.2) is 17.0 Å². The van der Waals surface area contributed by atoms with E-state index in [0.717, 1.165) is 11.5 Å². The Kier molecular flexibility index (Phi) is 4.81. The number of hydrogen-bond acceptors (Lipinski definition) is 6. The quantitative estimate of drug-likeness (QED) is 0.718. The summed E-state index contributed by atoms with van der Waals surface area (Å²) in [4.78, 5) is 25.2. The molecule has 1 aliphatic heterocycles. The molecular formula is C20H26N8O. The number of benzene rings is 1. The zero-order chi connectivity index (χ0) is 20.6. The standard InChI is InChI=1S/C20H26N8O/c1-20(2,3)14-5-7-15(8-6-14)23-19(29)28-11-9-27(10-12-28)18-16-17(21-13-22-18)26(4)25-24-16/h5-8,13H,9-12H2,1-4H3,(H,23,29). The van der Waals surface area contributed by atoms with Crippen molar-refractivity contribution in [3.8, 4) is 0 Å². The molecule has 0 spiro atoms. The van der Waals surface area contributed by atoms with Crippen molar-refractivity contribution in [2.24, 2.45) is 7.05 Å². The van der Waals surface area contributed by atoms with E-state index in [-0.39, 0.29) is 11.4 Å². The average molecular weight is 394 g/mol. The number of nitrogens with zero attached hydrogens (tertiary/aromatic N) is 7. The van der Waals surface area contributed by atoms with E-state index in [1.54, 1.807) is 4.68 Å². The van der Waals surface area contributed by atoms with Gasteiger partial charge in [-0.2, -0.15) is 0 Å². The molecule has 1 N–H and O–H groups in total. The predicted octanol–water partition coefficient (Wildman–Crippen LogP) is 2.41. The Balaban J connectivity index is 1.38. The Hall–Kier alpha value is -3.23. The average Bonchev–Trinajstić information content (AvgIpc) is 3.09. The summed E-state index contributed by atoms with van der Waals surface area (Å²) in [6.07, 6.45) is 1.53. The van der Waals surface area contributed by atoms with E-state index in [1.165, 1.54) is 11.9 Å². The van der Waals surface area contributed by atoms with Gasteiger partial charge in [0.1, 0.15) is 6.33 Å². The number of rotatable bonds is 2. The van der Waals surface area contributed by atoms with Crippen LogP contribution in [-0.2, 0) is 12.5 Å². The lowest BCUT2D eigenvalue weighted by atomic mass is 9.87. The summed E-state index contributed by atoms with van der Waals surface area (Å²) in [5, 5.41) is 11.2. The summed E-state index contributed by atoms with van der Waals surface area (Å²) in [6.45, 7) is 9.10. The number of anilines is 2. The van der Waals surface area contributed by atoms with Gasteiger partial charge in [-0.05, 0) is 23.1 Å². The van der Waals surface area contributed by atoms with Crippen molar-refractivity contribution in [3.05, 3.63) is 36.2 Å². The van der Waals surface area contributed by atoms with Crippen molar-refractivity contribution in [1.29, 1.82) is 0 Å². The summed E-state index contributed by atoms with van der Waals surface area (Å²) < 4.78 is 1.63. The maximum atomic E-state index is 12.7. The Morgan fingerprint density at radius 3 is 2.38 bits per heavy atom. The van der Waals surface area contributed by atoms with E-state index in [4.69, 9.17) is 0 Å². The highest BCUT2D eigenvalue weighted by Crippen LogP contribution is 2.24. The van der Waals surface area contributed by atoms with E-state index in [2.05, 4.69) is 63.4 Å². The maximum Gasteiger partial charge on any atom is 0.321 e. The van der Waals surface area contributed by atoms with Crippen molar-refractivity contribution < 1.29 is 4.79 Å². The molecule has 0 unspecified atom stereocenters. The van der Waals surface area contributed by atoms with Crippen molar-refractivity contribution in [1.82, 2.24) is 29.9 Å². The van der Waals surface area contributed by atoms with Crippen molar-refractivity contribution in [2.75, 3.05) is 36.4 Å². The number of nitrogens with one attached hydrogen (secondary N) is 1. The lowest BCUT2D eigenvalue weighted by Gasteiger charge is -2.35. The first kappa shape index (κ1) is 19.1. The number of fused-ring (bicyclic) bond motifs is 1. The highest BCUT2D eigenvalue weighted by Gasteiger charge is 2.24. The lowest BCUT2D eigenvalue weighted by Crippen LogP contribution is -2.50. The van der Waals surface area contributed by atoms with Gasteiger partial charge in [-0.1, -0.05) is 38.1 Å². The molecular weight excluding hydrogens is 368 g/mol. The fraction of sp³-hybridized carbons (Fsp3) is 0.450. The van der Waals surface area contributed by atoms with Crippen molar-refractivity contribution in [2.45, 2.75) is 26.2 Å². The van der Waals surface area contributed by atoms with E-state index in [0.29, 0.717) is 37.3 Å². The van der Waals surface area contributed by atoms with Gasteiger partial charge in [0.25, 0.3) is 0 Å². The van der Waals surface area contributed by atoms with Gasteiger partial charge < -0.3 is 15.1 Å². The Bertz CT molecular complexity index is 1010. The molecule has 9 heteroatoms. The molecule has 1 saturated heterocycles. The maximum absolute atomic E-state index is 12.7. The number of hydrogen-bond donors (Lipinski definition) is 1. The van der Waals surface area contributed by atoms with Crippen LogP contribution < -0.4 is 10.2 Å². The van der Waals surface area contributed by atoms with Gasteiger partial charge in [-0.15, -0.1) is 5.10 Å². The van der Waals surface area contributed by atoms with Crippen LogP contribution in [-0.4, -0.2) is 62.1 Å². The second kappa shape index (κ2) is 7.31. The predicted molar refractivity (Wildman–Crippen MR) is 112 cm³/mol. The monoisotopic (exact) mass is 394 g/mol. The molecule has 0 radical (unpaired) electrons. The topological polar surface area (TPSA) is 92.1 Å². The molecule has 0 saturated carbocycles. The summed E-state index contributed by atoms with van der Waals surface area (Å²) >= 11 is 0. The molecule has 29 heavy (non-hydrogen) atoms. The van der Waals surface area contributed by atoms with Crippen LogP contribution in [0.4, 0.5) is 16.3 Å². The number of amides is 2. The lowest BCUT2D eigenvalue weighted by molar-refractivity contribution is 0.208. The first-order valence-electron chi connectivity index (χ1n) is 9.75. The normalized spacial score (nSPS) is 15.0. The molecule has 0 aliphatic carbocycles. The van der Waals surface area contributed by atoms with Crippen LogP contribution in [0.1, 0.15) is 26.3 Å². The van der Waals surface area contributed by atoms with Crippen molar-refractivity contribution in [3.63, 3.8) is 0 Å². The number of aryl methyl sites for hydroxylation is 1. The van der Waals surface area contributed by atoms with Crippen LogP contribution in [0.2, 0.25) is 0 Å². The van der Waals surface area contributed by atoms with Gasteiger partial charge in [-0.3, -0.25) is 0 Å². The molecule has 4 rings (SSSR count). The summed E-state index contributed by atoms with van der Waals surface area (Å²) in [7, 11) is 1.81. The molecule has 2 aromatic heterocycles.